The maximum absolute atomic E-state index is 9.22. The topological polar surface area (TPSA) is 20.2 Å². The fourth-order valence-electron chi connectivity index (χ4n) is 1.84. The second kappa shape index (κ2) is 4.40. The summed E-state index contributed by atoms with van der Waals surface area (Å²) in [5.41, 5.74) is 5.27. The van der Waals surface area contributed by atoms with Crippen molar-refractivity contribution in [3.63, 3.8) is 0 Å². The molecule has 2 aromatic carbocycles. The molecule has 16 heavy (non-hydrogen) atoms. The molecule has 0 saturated carbocycles. The van der Waals surface area contributed by atoms with Crippen LogP contribution in [0.15, 0.2) is 42.5 Å². The van der Waals surface area contributed by atoms with Gasteiger partial charge in [0, 0.05) is 0 Å². The Balaban J connectivity index is 2.27. The van der Waals surface area contributed by atoms with Gasteiger partial charge in [0.05, 0.1) is 0 Å². The number of hydrogen-bond donors (Lipinski definition) is 1. The normalized spacial score (nSPS) is 10.4. The monoisotopic (exact) mass is 212 g/mol. The minimum absolute atomic E-state index is 0.324. The third-order valence-electron chi connectivity index (χ3n) is 3.05. The fourth-order valence-corrected chi connectivity index (χ4v) is 1.84. The van der Waals surface area contributed by atoms with Crippen molar-refractivity contribution < 1.29 is 5.11 Å². The van der Waals surface area contributed by atoms with Crippen LogP contribution in [0.4, 0.5) is 0 Å². The largest absolute Gasteiger partial charge is 0.508 e. The smallest absolute Gasteiger partial charge is 0.115 e. The zero-order valence-corrected chi connectivity index (χ0v) is 9.70. The number of aryl methyl sites for hydroxylation is 1. The van der Waals surface area contributed by atoms with Gasteiger partial charge in [0.15, 0.2) is 0 Å². The molecule has 0 fully saturated rings. The summed E-state index contributed by atoms with van der Waals surface area (Å²) < 4.78 is 0. The van der Waals surface area contributed by atoms with Crippen LogP contribution >= 0.6 is 0 Å². The molecule has 2 rings (SSSR count). The van der Waals surface area contributed by atoms with Gasteiger partial charge in [-0.3, -0.25) is 0 Å². The first-order valence-corrected chi connectivity index (χ1v) is 5.50. The van der Waals surface area contributed by atoms with Gasteiger partial charge >= 0.3 is 0 Å². The number of phenols is 1. The van der Waals surface area contributed by atoms with E-state index in [9.17, 15) is 5.11 Å². The molecule has 1 heteroatoms. The van der Waals surface area contributed by atoms with Crippen LogP contribution in [0.5, 0.6) is 5.75 Å². The number of rotatable bonds is 2. The minimum atomic E-state index is 0.324. The van der Waals surface area contributed by atoms with Crippen molar-refractivity contribution in [2.75, 3.05) is 0 Å². The molecule has 82 valence electrons. The van der Waals surface area contributed by atoms with Crippen molar-refractivity contribution in [1.82, 2.24) is 0 Å². The van der Waals surface area contributed by atoms with Crippen LogP contribution in [0.3, 0.4) is 0 Å². The Kier molecular flexibility index (Phi) is 2.95. The van der Waals surface area contributed by atoms with Crippen LogP contribution in [0.25, 0.3) is 0 Å². The van der Waals surface area contributed by atoms with Crippen molar-refractivity contribution in [3.05, 3.63) is 64.7 Å². The summed E-state index contributed by atoms with van der Waals surface area (Å²) in [7, 11) is 0. The Hall–Kier alpha value is -1.76. The second-order valence-electron chi connectivity index (χ2n) is 4.20. The highest BCUT2D eigenvalue weighted by molar-refractivity contribution is 5.37. The van der Waals surface area contributed by atoms with E-state index in [2.05, 4.69) is 32.0 Å². The van der Waals surface area contributed by atoms with Crippen LogP contribution < -0.4 is 0 Å². The predicted octanol–water partition coefficient (Wildman–Crippen LogP) is 3.60. The van der Waals surface area contributed by atoms with E-state index in [1.807, 2.05) is 12.1 Å². The molecular weight excluding hydrogens is 196 g/mol. The van der Waals surface area contributed by atoms with Gasteiger partial charge in [-0.15, -0.1) is 0 Å². The van der Waals surface area contributed by atoms with Gasteiger partial charge in [0.2, 0.25) is 0 Å². The summed E-state index contributed by atoms with van der Waals surface area (Å²) in [5, 5.41) is 9.22. The van der Waals surface area contributed by atoms with Crippen molar-refractivity contribution in [2.45, 2.75) is 20.3 Å². The molecule has 0 amide bonds. The van der Waals surface area contributed by atoms with Crippen LogP contribution in [0.2, 0.25) is 0 Å². The van der Waals surface area contributed by atoms with Gasteiger partial charge in [-0.2, -0.15) is 0 Å². The maximum Gasteiger partial charge on any atom is 0.115 e. The van der Waals surface area contributed by atoms with Crippen LogP contribution in [-0.4, -0.2) is 5.11 Å². The second-order valence-corrected chi connectivity index (χ2v) is 4.20. The zero-order chi connectivity index (χ0) is 11.5. The van der Waals surface area contributed by atoms with E-state index in [4.69, 9.17) is 0 Å². The lowest BCUT2D eigenvalue weighted by atomic mass is 9.97. The average molecular weight is 212 g/mol. The van der Waals surface area contributed by atoms with E-state index in [-0.39, 0.29) is 0 Å². The summed E-state index contributed by atoms with van der Waals surface area (Å²) in [6.45, 7) is 4.29. The highest BCUT2D eigenvalue weighted by Crippen LogP contribution is 2.18. The SMILES string of the molecule is Cc1cccc(Cc2ccc(O)cc2)c1C. The van der Waals surface area contributed by atoms with E-state index in [1.54, 1.807) is 12.1 Å². The molecule has 0 radical (unpaired) electrons. The molecule has 0 saturated heterocycles. The quantitative estimate of drug-likeness (QED) is 0.806. The molecular formula is C15H16O. The van der Waals surface area contributed by atoms with Crippen molar-refractivity contribution in [3.8, 4) is 5.75 Å². The highest BCUT2D eigenvalue weighted by Gasteiger charge is 2.02. The standard InChI is InChI=1S/C15H16O/c1-11-4-3-5-14(12(11)2)10-13-6-8-15(16)9-7-13/h3-9,16H,10H2,1-2H3. The molecule has 0 unspecified atom stereocenters. The molecule has 2 aromatic rings. The highest BCUT2D eigenvalue weighted by atomic mass is 16.3. The molecule has 0 bridgehead atoms. The first-order valence-electron chi connectivity index (χ1n) is 5.50. The molecule has 0 atom stereocenters. The number of aromatic hydroxyl groups is 1. The number of benzene rings is 2. The van der Waals surface area contributed by atoms with Gasteiger partial charge in [-0.1, -0.05) is 30.3 Å². The third-order valence-corrected chi connectivity index (χ3v) is 3.05. The minimum Gasteiger partial charge on any atom is -0.508 e. The van der Waals surface area contributed by atoms with E-state index < -0.39 is 0 Å². The van der Waals surface area contributed by atoms with Crippen LogP contribution in [0.1, 0.15) is 22.3 Å². The lowest BCUT2D eigenvalue weighted by Gasteiger charge is -2.08. The van der Waals surface area contributed by atoms with Gasteiger partial charge in [0.25, 0.3) is 0 Å². The average Bonchev–Trinajstić information content (AvgIpc) is 2.28. The summed E-state index contributed by atoms with van der Waals surface area (Å²) in [6, 6.07) is 13.8. The third kappa shape index (κ3) is 2.25. The first-order chi connectivity index (χ1) is 7.66. The Morgan fingerprint density at radius 3 is 2.31 bits per heavy atom. The molecule has 0 aliphatic heterocycles. The molecule has 0 aliphatic rings. The summed E-state index contributed by atoms with van der Waals surface area (Å²) in [5.74, 6) is 0.324. The lowest BCUT2D eigenvalue weighted by Crippen LogP contribution is -1.93. The van der Waals surface area contributed by atoms with E-state index in [1.165, 1.54) is 22.3 Å². The molecule has 0 heterocycles. The van der Waals surface area contributed by atoms with E-state index in [0.29, 0.717) is 5.75 Å². The summed E-state index contributed by atoms with van der Waals surface area (Å²) >= 11 is 0. The van der Waals surface area contributed by atoms with Crippen LogP contribution in [0, 0.1) is 13.8 Å². The Labute approximate surface area is 96.4 Å². The van der Waals surface area contributed by atoms with Gasteiger partial charge in [-0.05, 0) is 54.7 Å². The maximum atomic E-state index is 9.22. The van der Waals surface area contributed by atoms with E-state index in [0.717, 1.165) is 6.42 Å². The fraction of sp³-hybridized carbons (Fsp3) is 0.200. The van der Waals surface area contributed by atoms with Gasteiger partial charge in [0.1, 0.15) is 5.75 Å². The first kappa shape index (κ1) is 10.7. The Morgan fingerprint density at radius 1 is 0.938 bits per heavy atom. The van der Waals surface area contributed by atoms with Crippen molar-refractivity contribution >= 4 is 0 Å². The zero-order valence-electron chi connectivity index (χ0n) is 9.70. The Bertz CT molecular complexity index is 483. The van der Waals surface area contributed by atoms with Crippen molar-refractivity contribution in [1.29, 1.82) is 0 Å². The number of phenolic OH excluding ortho intramolecular Hbond substituents is 1. The van der Waals surface area contributed by atoms with Crippen molar-refractivity contribution in [2.24, 2.45) is 0 Å². The van der Waals surface area contributed by atoms with E-state index >= 15 is 0 Å². The molecule has 1 N–H and O–H groups in total. The van der Waals surface area contributed by atoms with Crippen LogP contribution in [-0.2, 0) is 6.42 Å². The van der Waals surface area contributed by atoms with Gasteiger partial charge in [-0.25, -0.2) is 0 Å². The van der Waals surface area contributed by atoms with Gasteiger partial charge < -0.3 is 5.11 Å². The lowest BCUT2D eigenvalue weighted by molar-refractivity contribution is 0.475. The summed E-state index contributed by atoms with van der Waals surface area (Å²) in [6.07, 6.45) is 0.924. The molecule has 0 aliphatic carbocycles. The summed E-state index contributed by atoms with van der Waals surface area (Å²) in [4.78, 5) is 0. The molecule has 0 spiro atoms. The predicted molar refractivity (Wildman–Crippen MR) is 66.8 cm³/mol. The molecule has 1 nitrogen and oxygen atoms in total. The Morgan fingerprint density at radius 2 is 1.62 bits per heavy atom. The number of hydrogen-bond acceptors (Lipinski definition) is 1. The molecule has 0 aromatic heterocycles.